The summed E-state index contributed by atoms with van der Waals surface area (Å²) < 4.78 is 0. The zero-order chi connectivity index (χ0) is 11.0. The molecule has 0 fully saturated rings. The predicted molar refractivity (Wildman–Crippen MR) is 63.5 cm³/mol. The summed E-state index contributed by atoms with van der Waals surface area (Å²) in [7, 11) is 0. The van der Waals surface area contributed by atoms with Gasteiger partial charge in [0.1, 0.15) is 0 Å². The highest BCUT2D eigenvalue weighted by Gasteiger charge is 2.10. The Morgan fingerprint density at radius 2 is 1.79 bits per heavy atom. The van der Waals surface area contributed by atoms with Gasteiger partial charge in [0.2, 0.25) is 0 Å². The van der Waals surface area contributed by atoms with Crippen LogP contribution in [0.15, 0.2) is 4.99 Å². The van der Waals surface area contributed by atoms with Crippen molar-refractivity contribution in [1.82, 2.24) is 4.90 Å². The Bertz CT molecular complexity index is 162. The largest absolute Gasteiger partial charge is 0.370 e. The Kier molecular flexibility index (Phi) is 7.25. The number of nitrogens with zero attached hydrogens (tertiary/aromatic N) is 2. The highest BCUT2D eigenvalue weighted by Crippen LogP contribution is 2.09. The van der Waals surface area contributed by atoms with Crippen molar-refractivity contribution in [2.75, 3.05) is 19.6 Å². The Morgan fingerprint density at radius 3 is 2.14 bits per heavy atom. The standard InChI is InChI=1S/C11H25N3/c1-5-10(6-2)9-14(8-4)11(12)13-7-3/h10H,5-9H2,1-4H3,(H2,12,13). The average Bonchev–Trinajstić information content (AvgIpc) is 2.20. The van der Waals surface area contributed by atoms with Crippen LogP contribution in [0, 0.1) is 5.92 Å². The van der Waals surface area contributed by atoms with Gasteiger partial charge in [0.15, 0.2) is 5.96 Å². The van der Waals surface area contributed by atoms with Crippen molar-refractivity contribution in [2.24, 2.45) is 16.6 Å². The molecule has 0 aromatic carbocycles. The summed E-state index contributed by atoms with van der Waals surface area (Å²) in [4.78, 5) is 6.41. The Morgan fingerprint density at radius 1 is 1.21 bits per heavy atom. The van der Waals surface area contributed by atoms with E-state index in [9.17, 15) is 0 Å². The normalized spacial score (nSPS) is 12.2. The van der Waals surface area contributed by atoms with Gasteiger partial charge in [-0.25, -0.2) is 0 Å². The Balaban J connectivity index is 4.19. The lowest BCUT2D eigenvalue weighted by molar-refractivity contribution is 0.331. The van der Waals surface area contributed by atoms with Gasteiger partial charge < -0.3 is 10.6 Å². The van der Waals surface area contributed by atoms with Gasteiger partial charge in [-0.15, -0.1) is 0 Å². The van der Waals surface area contributed by atoms with Crippen LogP contribution in [-0.4, -0.2) is 30.5 Å². The zero-order valence-corrected chi connectivity index (χ0v) is 10.1. The van der Waals surface area contributed by atoms with Crippen LogP contribution in [0.2, 0.25) is 0 Å². The maximum Gasteiger partial charge on any atom is 0.191 e. The molecule has 0 saturated carbocycles. The minimum atomic E-state index is 0.696. The van der Waals surface area contributed by atoms with Crippen LogP contribution in [0.1, 0.15) is 40.5 Å². The number of hydrogen-bond acceptors (Lipinski definition) is 1. The summed E-state index contributed by atoms with van der Waals surface area (Å²) >= 11 is 0. The fraction of sp³-hybridized carbons (Fsp3) is 0.909. The van der Waals surface area contributed by atoms with Crippen LogP contribution >= 0.6 is 0 Å². The van der Waals surface area contributed by atoms with Crippen LogP contribution in [0.4, 0.5) is 0 Å². The maximum absolute atomic E-state index is 5.87. The smallest absolute Gasteiger partial charge is 0.191 e. The number of hydrogen-bond donors (Lipinski definition) is 1. The van der Waals surface area contributed by atoms with Crippen molar-refractivity contribution < 1.29 is 0 Å². The molecule has 0 unspecified atom stereocenters. The van der Waals surface area contributed by atoms with Gasteiger partial charge in [-0.3, -0.25) is 4.99 Å². The van der Waals surface area contributed by atoms with E-state index in [0.29, 0.717) is 5.96 Å². The lowest BCUT2D eigenvalue weighted by atomic mass is 10.0. The van der Waals surface area contributed by atoms with Crippen molar-refractivity contribution in [1.29, 1.82) is 0 Å². The van der Waals surface area contributed by atoms with Gasteiger partial charge in [-0.1, -0.05) is 26.7 Å². The molecule has 0 aromatic rings. The molecule has 0 aliphatic heterocycles. The maximum atomic E-state index is 5.87. The molecule has 0 aliphatic rings. The van der Waals surface area contributed by atoms with Crippen molar-refractivity contribution in [3.63, 3.8) is 0 Å². The first kappa shape index (κ1) is 13.3. The fourth-order valence-electron chi connectivity index (χ4n) is 1.51. The molecule has 84 valence electrons. The van der Waals surface area contributed by atoms with Crippen molar-refractivity contribution in [3.05, 3.63) is 0 Å². The molecule has 0 bridgehead atoms. The first-order valence-corrected chi connectivity index (χ1v) is 5.74. The van der Waals surface area contributed by atoms with E-state index in [1.54, 1.807) is 0 Å². The molecule has 0 aliphatic carbocycles. The molecular formula is C11H25N3. The van der Waals surface area contributed by atoms with Gasteiger partial charge in [0, 0.05) is 19.6 Å². The number of guanidine groups is 1. The van der Waals surface area contributed by atoms with Crippen molar-refractivity contribution >= 4 is 5.96 Å². The monoisotopic (exact) mass is 199 g/mol. The van der Waals surface area contributed by atoms with Gasteiger partial charge in [-0.2, -0.15) is 0 Å². The highest BCUT2D eigenvalue weighted by atomic mass is 15.2. The van der Waals surface area contributed by atoms with E-state index in [0.717, 1.165) is 25.6 Å². The van der Waals surface area contributed by atoms with E-state index in [4.69, 9.17) is 5.73 Å². The summed E-state index contributed by atoms with van der Waals surface area (Å²) in [6.07, 6.45) is 2.43. The van der Waals surface area contributed by atoms with Gasteiger partial charge in [-0.05, 0) is 19.8 Å². The summed E-state index contributed by atoms with van der Waals surface area (Å²) in [6.45, 7) is 11.4. The average molecular weight is 199 g/mol. The van der Waals surface area contributed by atoms with Crippen LogP contribution in [-0.2, 0) is 0 Å². The number of aliphatic imine (C=N–C) groups is 1. The van der Waals surface area contributed by atoms with E-state index in [1.165, 1.54) is 12.8 Å². The summed E-state index contributed by atoms with van der Waals surface area (Å²) in [5.74, 6) is 1.43. The van der Waals surface area contributed by atoms with Crippen LogP contribution < -0.4 is 5.73 Å². The van der Waals surface area contributed by atoms with E-state index in [1.807, 2.05) is 6.92 Å². The molecule has 0 spiro atoms. The first-order valence-electron chi connectivity index (χ1n) is 5.74. The second-order valence-electron chi connectivity index (χ2n) is 3.55. The van der Waals surface area contributed by atoms with Crippen molar-refractivity contribution in [3.8, 4) is 0 Å². The Hall–Kier alpha value is -0.730. The summed E-state index contributed by atoms with van der Waals surface area (Å²) in [5.41, 5.74) is 5.87. The molecule has 3 nitrogen and oxygen atoms in total. The molecular weight excluding hydrogens is 174 g/mol. The third-order valence-electron chi connectivity index (χ3n) is 2.66. The second kappa shape index (κ2) is 7.65. The zero-order valence-electron chi connectivity index (χ0n) is 10.1. The SMILES string of the molecule is CCN=C(N)N(CC)CC(CC)CC. The summed E-state index contributed by atoms with van der Waals surface area (Å²) in [5, 5.41) is 0. The van der Waals surface area contributed by atoms with Gasteiger partial charge in [0.25, 0.3) is 0 Å². The molecule has 0 aromatic heterocycles. The van der Waals surface area contributed by atoms with E-state index in [2.05, 4.69) is 30.7 Å². The molecule has 0 rings (SSSR count). The lowest BCUT2D eigenvalue weighted by Crippen LogP contribution is -2.40. The minimum absolute atomic E-state index is 0.696. The third kappa shape index (κ3) is 4.49. The van der Waals surface area contributed by atoms with E-state index >= 15 is 0 Å². The van der Waals surface area contributed by atoms with E-state index in [-0.39, 0.29) is 0 Å². The van der Waals surface area contributed by atoms with E-state index < -0.39 is 0 Å². The topological polar surface area (TPSA) is 41.6 Å². The van der Waals surface area contributed by atoms with Crippen LogP contribution in [0.3, 0.4) is 0 Å². The number of nitrogens with two attached hydrogens (primary N) is 1. The fourth-order valence-corrected chi connectivity index (χ4v) is 1.51. The number of rotatable bonds is 6. The molecule has 0 radical (unpaired) electrons. The molecule has 3 heteroatoms. The molecule has 0 saturated heterocycles. The third-order valence-corrected chi connectivity index (χ3v) is 2.66. The van der Waals surface area contributed by atoms with Crippen LogP contribution in [0.5, 0.6) is 0 Å². The molecule has 0 atom stereocenters. The highest BCUT2D eigenvalue weighted by molar-refractivity contribution is 5.78. The van der Waals surface area contributed by atoms with Gasteiger partial charge >= 0.3 is 0 Å². The molecule has 14 heavy (non-hydrogen) atoms. The minimum Gasteiger partial charge on any atom is -0.370 e. The van der Waals surface area contributed by atoms with Gasteiger partial charge in [0.05, 0.1) is 0 Å². The first-order chi connectivity index (χ1) is 6.69. The summed E-state index contributed by atoms with van der Waals surface area (Å²) in [6, 6.07) is 0. The van der Waals surface area contributed by atoms with Crippen LogP contribution in [0.25, 0.3) is 0 Å². The molecule has 2 N–H and O–H groups in total. The Labute approximate surface area is 88.4 Å². The quantitative estimate of drug-likeness (QED) is 0.525. The second-order valence-corrected chi connectivity index (χ2v) is 3.55. The molecule has 0 heterocycles. The molecule has 0 amide bonds. The lowest BCUT2D eigenvalue weighted by Gasteiger charge is -2.26. The predicted octanol–water partition coefficient (Wildman–Crippen LogP) is 2.08. The van der Waals surface area contributed by atoms with Crippen molar-refractivity contribution in [2.45, 2.75) is 40.5 Å².